The van der Waals surface area contributed by atoms with Gasteiger partial charge in [-0.05, 0) is 36.1 Å². The number of hydrogen-bond acceptors (Lipinski definition) is 4. The van der Waals surface area contributed by atoms with E-state index in [-0.39, 0.29) is 11.9 Å². The third-order valence-corrected chi connectivity index (χ3v) is 4.18. The van der Waals surface area contributed by atoms with E-state index in [0.29, 0.717) is 24.0 Å². The highest BCUT2D eigenvalue weighted by Crippen LogP contribution is 2.22. The highest BCUT2D eigenvalue weighted by Gasteiger charge is 2.12. The van der Waals surface area contributed by atoms with Gasteiger partial charge in [0.05, 0.1) is 17.6 Å². The molecule has 0 saturated heterocycles. The van der Waals surface area contributed by atoms with E-state index in [1.165, 1.54) is 4.68 Å². The second kappa shape index (κ2) is 7.06. The number of H-pyrrole nitrogens is 1. The minimum absolute atomic E-state index is 0.0145. The molecule has 0 aliphatic carbocycles. The maximum Gasteiger partial charge on any atom is 0.269 e. The Kier molecular flexibility index (Phi) is 4.85. The number of rotatable bonds is 6. The smallest absolute Gasteiger partial charge is 0.269 e. The van der Waals surface area contributed by atoms with E-state index in [1.807, 2.05) is 18.2 Å². The van der Waals surface area contributed by atoms with Crippen molar-refractivity contribution < 1.29 is 4.79 Å². The molecule has 0 fully saturated rings. The summed E-state index contributed by atoms with van der Waals surface area (Å²) in [6.07, 6.45) is 2.53. The number of nitrogens with one attached hydrogen (secondary N) is 2. The molecule has 1 unspecified atom stereocenters. The van der Waals surface area contributed by atoms with Gasteiger partial charge in [-0.1, -0.05) is 19.9 Å². The number of amides is 1. The van der Waals surface area contributed by atoms with Crippen LogP contribution in [0.15, 0.2) is 30.5 Å². The van der Waals surface area contributed by atoms with Crippen molar-refractivity contribution in [1.29, 1.82) is 0 Å². The molecule has 3 aromatic rings. The van der Waals surface area contributed by atoms with E-state index in [4.69, 9.17) is 5.73 Å². The lowest BCUT2D eigenvalue weighted by molar-refractivity contribution is 0.0940. The molecule has 0 aliphatic rings. The van der Waals surface area contributed by atoms with Crippen molar-refractivity contribution in [2.24, 2.45) is 18.7 Å². The van der Waals surface area contributed by atoms with Crippen LogP contribution in [-0.4, -0.2) is 25.7 Å². The summed E-state index contributed by atoms with van der Waals surface area (Å²) in [6.45, 7) is 4.65. The SMILES string of the molecule is CC(C)CC(N)c1ccc2nc(CNC(=O)c3ccnn3C)[nH]c2c1. The minimum Gasteiger partial charge on any atom is -0.343 e. The van der Waals surface area contributed by atoms with Gasteiger partial charge in [-0.3, -0.25) is 9.48 Å². The Morgan fingerprint density at radius 3 is 2.84 bits per heavy atom. The number of fused-ring (bicyclic) bond motifs is 1. The molecule has 4 N–H and O–H groups in total. The van der Waals surface area contributed by atoms with Crippen molar-refractivity contribution in [3.8, 4) is 0 Å². The third-order valence-electron chi connectivity index (χ3n) is 4.18. The highest BCUT2D eigenvalue weighted by molar-refractivity contribution is 5.92. The van der Waals surface area contributed by atoms with E-state index in [9.17, 15) is 4.79 Å². The van der Waals surface area contributed by atoms with Gasteiger partial charge in [0.1, 0.15) is 11.5 Å². The molecule has 1 amide bonds. The summed E-state index contributed by atoms with van der Waals surface area (Å²) in [7, 11) is 1.73. The molecule has 2 aromatic heterocycles. The van der Waals surface area contributed by atoms with Crippen LogP contribution in [0.2, 0.25) is 0 Å². The fraction of sp³-hybridized carbons (Fsp3) is 0.389. The molecule has 7 heteroatoms. The number of aromatic amines is 1. The molecule has 3 rings (SSSR count). The number of carbonyl (C=O) groups is 1. The Balaban J connectivity index is 1.71. The first kappa shape index (κ1) is 17.2. The van der Waals surface area contributed by atoms with E-state index in [1.54, 1.807) is 19.3 Å². The monoisotopic (exact) mass is 340 g/mol. The Labute approximate surface area is 146 Å². The average molecular weight is 340 g/mol. The Bertz CT molecular complexity index is 879. The van der Waals surface area contributed by atoms with Gasteiger partial charge in [0.25, 0.3) is 5.91 Å². The first-order chi connectivity index (χ1) is 11.9. The minimum atomic E-state index is -0.180. The molecular formula is C18H24N6O. The summed E-state index contributed by atoms with van der Waals surface area (Å²) in [6, 6.07) is 7.72. The summed E-state index contributed by atoms with van der Waals surface area (Å²) in [5.41, 5.74) is 9.66. The van der Waals surface area contributed by atoms with Gasteiger partial charge in [-0.25, -0.2) is 4.98 Å². The zero-order chi connectivity index (χ0) is 18.0. The number of aryl methyl sites for hydroxylation is 1. The topological polar surface area (TPSA) is 102 Å². The average Bonchev–Trinajstić information content (AvgIpc) is 3.16. The van der Waals surface area contributed by atoms with E-state index in [0.717, 1.165) is 23.0 Å². The van der Waals surface area contributed by atoms with E-state index in [2.05, 4.69) is 34.2 Å². The van der Waals surface area contributed by atoms with Crippen molar-refractivity contribution in [3.63, 3.8) is 0 Å². The lowest BCUT2D eigenvalue weighted by atomic mass is 9.98. The van der Waals surface area contributed by atoms with Gasteiger partial charge in [0, 0.05) is 19.3 Å². The van der Waals surface area contributed by atoms with Crippen LogP contribution >= 0.6 is 0 Å². The van der Waals surface area contributed by atoms with Crippen LogP contribution in [0.25, 0.3) is 11.0 Å². The number of carbonyl (C=O) groups excluding carboxylic acids is 1. The molecule has 1 atom stereocenters. The van der Waals surface area contributed by atoms with E-state index < -0.39 is 0 Å². The number of nitrogens with zero attached hydrogens (tertiary/aromatic N) is 3. The first-order valence-electron chi connectivity index (χ1n) is 8.44. The fourth-order valence-electron chi connectivity index (χ4n) is 2.89. The normalized spacial score (nSPS) is 12.7. The first-order valence-corrected chi connectivity index (χ1v) is 8.44. The summed E-state index contributed by atoms with van der Waals surface area (Å²) in [5.74, 6) is 1.07. The van der Waals surface area contributed by atoms with Crippen molar-refractivity contribution >= 4 is 16.9 Å². The number of nitrogens with two attached hydrogens (primary N) is 1. The molecule has 1 aromatic carbocycles. The lowest BCUT2D eigenvalue weighted by Gasteiger charge is -2.14. The second-order valence-electron chi connectivity index (χ2n) is 6.72. The molecule has 0 aliphatic heterocycles. The lowest BCUT2D eigenvalue weighted by Crippen LogP contribution is -2.25. The number of imidazole rings is 1. The van der Waals surface area contributed by atoms with Crippen LogP contribution in [0.1, 0.15) is 48.2 Å². The maximum absolute atomic E-state index is 12.1. The van der Waals surface area contributed by atoms with Gasteiger partial charge in [0.15, 0.2) is 0 Å². The summed E-state index contributed by atoms with van der Waals surface area (Å²) >= 11 is 0. The van der Waals surface area contributed by atoms with Crippen molar-refractivity contribution in [2.45, 2.75) is 32.9 Å². The Morgan fingerprint density at radius 1 is 1.36 bits per heavy atom. The second-order valence-corrected chi connectivity index (χ2v) is 6.72. The van der Waals surface area contributed by atoms with Gasteiger partial charge >= 0.3 is 0 Å². The standard InChI is InChI=1S/C18H24N6O/c1-11(2)8-13(19)12-4-5-14-15(9-12)23-17(22-14)10-20-18(25)16-6-7-21-24(16)3/h4-7,9,11,13H,8,10,19H2,1-3H3,(H,20,25)(H,22,23). The van der Waals surface area contributed by atoms with Gasteiger partial charge < -0.3 is 16.0 Å². The van der Waals surface area contributed by atoms with Crippen LogP contribution in [0.5, 0.6) is 0 Å². The Morgan fingerprint density at radius 2 is 2.16 bits per heavy atom. The largest absolute Gasteiger partial charge is 0.343 e. The molecule has 7 nitrogen and oxygen atoms in total. The molecule has 0 bridgehead atoms. The predicted octanol–water partition coefficient (Wildman–Crippen LogP) is 2.27. The van der Waals surface area contributed by atoms with Crippen LogP contribution in [0.3, 0.4) is 0 Å². The molecule has 25 heavy (non-hydrogen) atoms. The third kappa shape index (κ3) is 3.88. The molecule has 2 heterocycles. The van der Waals surface area contributed by atoms with Crippen molar-refractivity contribution in [3.05, 3.63) is 47.5 Å². The fourth-order valence-corrected chi connectivity index (χ4v) is 2.89. The van der Waals surface area contributed by atoms with Crippen molar-refractivity contribution in [2.75, 3.05) is 0 Å². The van der Waals surface area contributed by atoms with Crippen LogP contribution in [-0.2, 0) is 13.6 Å². The molecule has 132 valence electrons. The molecular weight excluding hydrogens is 316 g/mol. The van der Waals surface area contributed by atoms with Crippen LogP contribution in [0.4, 0.5) is 0 Å². The summed E-state index contributed by atoms with van der Waals surface area (Å²) in [5, 5.41) is 6.84. The van der Waals surface area contributed by atoms with Crippen LogP contribution < -0.4 is 11.1 Å². The molecule has 0 spiro atoms. The number of benzene rings is 1. The zero-order valence-electron chi connectivity index (χ0n) is 14.8. The van der Waals surface area contributed by atoms with Gasteiger partial charge in [-0.15, -0.1) is 0 Å². The number of hydrogen-bond donors (Lipinski definition) is 3. The summed E-state index contributed by atoms with van der Waals surface area (Å²) in [4.78, 5) is 19.9. The quantitative estimate of drug-likeness (QED) is 0.640. The van der Waals surface area contributed by atoms with Gasteiger partial charge in [-0.2, -0.15) is 5.10 Å². The van der Waals surface area contributed by atoms with Gasteiger partial charge in [0.2, 0.25) is 0 Å². The maximum atomic E-state index is 12.1. The van der Waals surface area contributed by atoms with E-state index >= 15 is 0 Å². The zero-order valence-corrected chi connectivity index (χ0v) is 14.8. The highest BCUT2D eigenvalue weighted by atomic mass is 16.2. The van der Waals surface area contributed by atoms with Crippen LogP contribution in [0, 0.1) is 5.92 Å². The molecule has 0 radical (unpaired) electrons. The number of aromatic nitrogens is 4. The van der Waals surface area contributed by atoms with Crippen molar-refractivity contribution in [1.82, 2.24) is 25.1 Å². The molecule has 0 saturated carbocycles. The predicted molar refractivity (Wildman–Crippen MR) is 96.9 cm³/mol. The summed E-state index contributed by atoms with van der Waals surface area (Å²) < 4.78 is 1.54. The Hall–Kier alpha value is -2.67.